The van der Waals surface area contributed by atoms with Crippen molar-refractivity contribution < 1.29 is 266 Å². The molecule has 3 aliphatic rings. The van der Waals surface area contributed by atoms with Crippen molar-refractivity contribution in [2.24, 2.45) is 10.2 Å². The van der Waals surface area contributed by atoms with Gasteiger partial charge in [0.1, 0.15) is 31.7 Å². The van der Waals surface area contributed by atoms with Crippen molar-refractivity contribution in [2.75, 3.05) is 23.1 Å². The van der Waals surface area contributed by atoms with Gasteiger partial charge in [0.05, 0.1) is 44.3 Å². The Balaban J connectivity index is 0.00000378. The van der Waals surface area contributed by atoms with E-state index in [0.29, 0.717) is 30.9 Å². The number of nitrogens with zero attached hydrogens (tertiary/aromatic N) is 5. The second-order valence-electron chi connectivity index (χ2n) is 11.0. The largest absolute Gasteiger partial charge is 1.00 e. The summed E-state index contributed by atoms with van der Waals surface area (Å²) in [6, 6.07) is 7.90. The zero-order valence-corrected chi connectivity index (χ0v) is 44.0. The first kappa shape index (κ1) is 53.8. The number of carbonyl (C=O) groups is 4. The number of carbonyl (C=O) groups excluding carboxylic acids is 4. The molecule has 0 saturated carbocycles. The molecule has 2 amide bonds. The molecule has 24 heteroatoms. The number of aliphatic hydroxyl groups is 1. The molecule has 0 radical (unpaired) electrons. The number of likely N-dealkylation sites (tertiary alicyclic amines) is 1. The van der Waals surface area contributed by atoms with Crippen LogP contribution in [0.3, 0.4) is 0 Å². The summed E-state index contributed by atoms with van der Waals surface area (Å²) in [5, 5.41) is 43.8. The maximum atomic E-state index is 13.6. The number of amides is 2. The van der Waals surface area contributed by atoms with Gasteiger partial charge in [-0.15, -0.1) is 5.73 Å². The predicted octanol–water partition coefficient (Wildman–Crippen LogP) is -14.1. The van der Waals surface area contributed by atoms with Gasteiger partial charge in [0.2, 0.25) is 0 Å². The molecule has 0 bridgehead atoms. The summed E-state index contributed by atoms with van der Waals surface area (Å²) in [4.78, 5) is 51.1. The third-order valence-electron chi connectivity index (χ3n) is 7.68. The average Bonchev–Trinajstić information content (AvgIpc) is 3.60. The van der Waals surface area contributed by atoms with Gasteiger partial charge in [0, 0.05) is 18.7 Å². The molecule has 1 atom stereocenters. The first-order valence-corrected chi connectivity index (χ1v) is 17.5. The van der Waals surface area contributed by atoms with Gasteiger partial charge in [0.25, 0.3) is 11.8 Å². The van der Waals surface area contributed by atoms with Crippen molar-refractivity contribution >= 4 is 66.8 Å². The van der Waals surface area contributed by atoms with E-state index in [1.807, 2.05) is 0 Å². The number of carboxylic acids is 2. The molecule has 3 aliphatic heterocycles. The van der Waals surface area contributed by atoms with Gasteiger partial charge < -0.3 is 38.9 Å². The normalized spacial score (nSPS) is 17.8. The third kappa shape index (κ3) is 13.4. The molecule has 266 valence electrons. The smallest absolute Gasteiger partial charge is 0.744 e. The Morgan fingerprint density at radius 1 is 0.764 bits per heavy atom. The van der Waals surface area contributed by atoms with Gasteiger partial charge in [-0.25, -0.2) is 21.8 Å². The molecule has 2 aromatic rings. The van der Waals surface area contributed by atoms with Gasteiger partial charge in [0.15, 0.2) is 6.23 Å². The molecular weight excluding hydrogens is 871 g/mol. The molecule has 3 heterocycles. The van der Waals surface area contributed by atoms with E-state index in [9.17, 15) is 60.4 Å². The molecule has 2 aromatic carbocycles. The van der Waals surface area contributed by atoms with Crippen LogP contribution in [0, 0.1) is 0 Å². The minimum Gasteiger partial charge on any atom is -0.744 e. The summed E-state index contributed by atoms with van der Waals surface area (Å²) >= 11 is 0. The minimum absolute atomic E-state index is 0. The molecule has 1 N–H and O–H groups in total. The number of benzene rings is 2. The molecule has 55 heavy (non-hydrogen) atoms. The molecule has 18 nitrogen and oxygen atoms in total. The zero-order valence-electron chi connectivity index (χ0n) is 29.9. The first-order valence-electron chi connectivity index (χ1n) is 14.7. The van der Waals surface area contributed by atoms with E-state index < -0.39 is 82.6 Å². The molecule has 0 spiro atoms. The number of anilines is 2. The summed E-state index contributed by atoms with van der Waals surface area (Å²) in [6.07, 6.45) is 3.28. The van der Waals surface area contributed by atoms with Crippen LogP contribution in [0.5, 0.6) is 0 Å². The standard InChI is InChI=1S/C31H27N5O13S2.4K/c37-27(34-16-2-1-3-17-34)18(4-14-23-25(30(40)41)32-35(28(23)38)19-6-10-21(11-7-19)50(44,45)46)5-15-24-26(31(42)43)33-36(29(24)39)20-8-12-22(13-9-20)51(47,48)49;;;;/h4-14,29,39H,1-3,16-17H2,(H,40,41)(H,42,43)(H,44,45,46)(H,47,48,49);;;;/q;4*+1/p-4. The summed E-state index contributed by atoms with van der Waals surface area (Å²) in [6.45, 7) is 0.670. The van der Waals surface area contributed by atoms with E-state index in [4.69, 9.17) is 0 Å². The predicted molar refractivity (Wildman–Crippen MR) is 168 cm³/mol. The maximum absolute atomic E-state index is 13.6. The molecule has 1 fully saturated rings. The van der Waals surface area contributed by atoms with Crippen molar-refractivity contribution in [3.05, 3.63) is 89.2 Å². The number of aliphatic carboxylic acids is 2. The van der Waals surface area contributed by atoms with E-state index in [0.717, 1.165) is 78.2 Å². The average molecular weight is 894 g/mol. The molecule has 1 saturated heterocycles. The van der Waals surface area contributed by atoms with Crippen LogP contribution in [-0.2, 0) is 39.4 Å². The van der Waals surface area contributed by atoms with E-state index in [-0.39, 0.29) is 222 Å². The van der Waals surface area contributed by atoms with E-state index in [2.05, 4.69) is 15.9 Å². The van der Waals surface area contributed by atoms with Gasteiger partial charge >= 0.3 is 206 Å². The van der Waals surface area contributed by atoms with Crippen LogP contribution in [0.2, 0.25) is 0 Å². The molecule has 0 aromatic heterocycles. The van der Waals surface area contributed by atoms with E-state index in [1.54, 1.807) is 0 Å². The van der Waals surface area contributed by atoms with Gasteiger partial charge in [-0.1, -0.05) is 0 Å². The van der Waals surface area contributed by atoms with Crippen molar-refractivity contribution in [3.63, 3.8) is 0 Å². The Hall–Kier alpha value is 0.785. The number of hydrazone groups is 2. The molecule has 0 aliphatic carbocycles. The third-order valence-corrected chi connectivity index (χ3v) is 9.38. The van der Waals surface area contributed by atoms with Crippen LogP contribution in [0.1, 0.15) is 19.3 Å². The van der Waals surface area contributed by atoms with Crippen LogP contribution >= 0.6 is 0 Å². The number of hydrogen-bond donors (Lipinski definition) is 1. The fraction of sp³-hybridized carbons (Fsp3) is 0.194. The van der Waals surface area contributed by atoms with Crippen LogP contribution < -0.4 is 226 Å². The Morgan fingerprint density at radius 2 is 1.25 bits per heavy atom. The summed E-state index contributed by atoms with van der Waals surface area (Å²) < 4.78 is 67.7. The quantitative estimate of drug-likeness (QED) is 0.0805. The van der Waals surface area contributed by atoms with Crippen molar-refractivity contribution in [1.82, 2.24) is 4.90 Å². The van der Waals surface area contributed by atoms with Crippen molar-refractivity contribution in [3.8, 4) is 0 Å². The number of rotatable bonds is 9. The molecule has 5 rings (SSSR count). The zero-order chi connectivity index (χ0) is 37.2. The van der Waals surface area contributed by atoms with Crippen LogP contribution in [0.25, 0.3) is 0 Å². The van der Waals surface area contributed by atoms with Crippen molar-refractivity contribution in [1.29, 1.82) is 0 Å². The number of piperidine rings is 1. The maximum Gasteiger partial charge on any atom is 1.00 e. The molecule has 1 unspecified atom stereocenters. The SMILES string of the molecule is O=C([O-])C1=NN(c2ccc(S(=O)(=O)[O-])cc2)C(O)C1=C=CC(=CC=C1C(=O)N(c2ccc(S(=O)(=O)[O-])cc2)N=C1C(=O)[O-])C(=O)N1CCCCC1.[K+].[K+].[K+].[K+]. The molecular formula is C31H23K4N5O13S2. The Bertz CT molecular complexity index is 2250. The van der Waals surface area contributed by atoms with E-state index in [1.165, 1.54) is 4.90 Å². The van der Waals surface area contributed by atoms with Gasteiger partial charge in [-0.3, -0.25) is 9.59 Å². The van der Waals surface area contributed by atoms with Crippen molar-refractivity contribution in [2.45, 2.75) is 35.3 Å². The second-order valence-corrected chi connectivity index (χ2v) is 13.7. The Morgan fingerprint density at radius 3 is 1.73 bits per heavy atom. The van der Waals surface area contributed by atoms with Crippen LogP contribution in [-0.4, -0.2) is 90.4 Å². The fourth-order valence-corrected chi connectivity index (χ4v) is 6.09. The van der Waals surface area contributed by atoms with Crippen LogP contribution in [0.4, 0.5) is 11.4 Å². The van der Waals surface area contributed by atoms with E-state index >= 15 is 0 Å². The van der Waals surface area contributed by atoms with Gasteiger partial charge in [-0.2, -0.15) is 15.2 Å². The topological polar surface area (TPSA) is 283 Å². The monoisotopic (exact) mass is 893 g/mol. The second kappa shape index (κ2) is 23.1. The fourth-order valence-electron chi connectivity index (χ4n) is 5.15. The minimum atomic E-state index is -4.83. The summed E-state index contributed by atoms with van der Waals surface area (Å²) in [5.74, 6) is -5.39. The number of hydrogen-bond acceptors (Lipinski definition) is 16. The summed E-state index contributed by atoms with van der Waals surface area (Å²) in [5.41, 5.74) is -0.592. The number of carboxylic acid groups (broad SMARTS) is 2. The first-order chi connectivity index (χ1) is 24.0. The summed E-state index contributed by atoms with van der Waals surface area (Å²) in [7, 11) is -9.64. The Labute approximate surface area is 485 Å². The number of allylic oxidation sites excluding steroid dienone is 2. The van der Waals surface area contributed by atoms with Crippen LogP contribution in [0.15, 0.2) is 109 Å². The van der Waals surface area contributed by atoms with Gasteiger partial charge in [-0.05, 0) is 86.0 Å². The number of aliphatic hydroxyl groups excluding tert-OH is 1. The Kier molecular flexibility index (Phi) is 22.6.